The van der Waals surface area contributed by atoms with Crippen LogP contribution >= 0.6 is 0 Å². The summed E-state index contributed by atoms with van der Waals surface area (Å²) in [5, 5.41) is 3.85. The zero-order valence-electron chi connectivity index (χ0n) is 17.9. The Labute approximate surface area is 177 Å². The van der Waals surface area contributed by atoms with Crippen molar-refractivity contribution in [3.8, 4) is 0 Å². The monoisotopic (exact) mass is 435 g/mol. The first-order chi connectivity index (χ1) is 14.2. The number of benzene rings is 1. The maximum absolute atomic E-state index is 13.0. The summed E-state index contributed by atoms with van der Waals surface area (Å²) < 4.78 is 38.0. The van der Waals surface area contributed by atoms with Crippen molar-refractivity contribution in [2.24, 2.45) is 11.8 Å². The van der Waals surface area contributed by atoms with Crippen molar-refractivity contribution >= 4 is 16.0 Å². The fourth-order valence-corrected chi connectivity index (χ4v) is 5.43. The number of piperidine rings is 1. The number of rotatable bonds is 7. The highest BCUT2D eigenvalue weighted by atomic mass is 32.2. The molecule has 0 amide bonds. The lowest BCUT2D eigenvalue weighted by molar-refractivity contribution is 0.0265. The molecular weight excluding hydrogens is 406 g/mol. The van der Waals surface area contributed by atoms with Gasteiger partial charge in [-0.15, -0.1) is 0 Å². The van der Waals surface area contributed by atoms with E-state index in [1.807, 2.05) is 6.92 Å². The first-order valence-corrected chi connectivity index (χ1v) is 11.8. The number of ether oxygens (including phenoxy) is 1. The molecule has 164 valence electrons. The molecule has 0 aliphatic carbocycles. The molecule has 1 fully saturated rings. The van der Waals surface area contributed by atoms with Crippen molar-refractivity contribution in [3.05, 3.63) is 41.5 Å². The molecule has 0 bridgehead atoms. The van der Waals surface area contributed by atoms with E-state index in [-0.39, 0.29) is 16.3 Å². The van der Waals surface area contributed by atoms with Crippen molar-refractivity contribution in [3.63, 3.8) is 0 Å². The second kappa shape index (κ2) is 9.26. The van der Waals surface area contributed by atoms with Gasteiger partial charge in [-0.1, -0.05) is 25.9 Å². The molecule has 1 saturated heterocycles. The van der Waals surface area contributed by atoms with Crippen LogP contribution < -0.4 is 0 Å². The largest absolute Gasteiger partial charge is 0.449 e. The molecule has 0 N–H and O–H groups in total. The Morgan fingerprint density at radius 2 is 1.87 bits per heavy atom. The van der Waals surface area contributed by atoms with Gasteiger partial charge in [-0.3, -0.25) is 0 Å². The molecule has 1 aliphatic heterocycles. The highest BCUT2D eigenvalue weighted by molar-refractivity contribution is 7.89. The summed E-state index contributed by atoms with van der Waals surface area (Å²) in [6, 6.07) is 5.84. The Kier molecular flexibility index (Phi) is 6.92. The number of hydrogen-bond donors (Lipinski definition) is 0. The van der Waals surface area contributed by atoms with Gasteiger partial charge in [-0.25, -0.2) is 13.2 Å². The van der Waals surface area contributed by atoms with Crippen LogP contribution in [0.3, 0.4) is 0 Å². The van der Waals surface area contributed by atoms with Crippen LogP contribution in [0.1, 0.15) is 68.7 Å². The molecule has 0 radical (unpaired) electrons. The molecule has 3 rings (SSSR count). The Morgan fingerprint density at radius 3 is 2.47 bits per heavy atom. The van der Waals surface area contributed by atoms with E-state index in [4.69, 9.17) is 9.26 Å². The van der Waals surface area contributed by atoms with E-state index in [1.165, 1.54) is 28.6 Å². The van der Waals surface area contributed by atoms with Crippen molar-refractivity contribution in [1.82, 2.24) is 14.4 Å². The molecule has 30 heavy (non-hydrogen) atoms. The molecule has 8 nitrogen and oxygen atoms in total. The fourth-order valence-electron chi connectivity index (χ4n) is 3.75. The van der Waals surface area contributed by atoms with Gasteiger partial charge < -0.3 is 9.26 Å². The number of nitrogens with zero attached hydrogens (tertiary/aromatic N) is 3. The number of carbonyl (C=O) groups excluding carboxylic acids is 1. The van der Waals surface area contributed by atoms with Crippen LogP contribution in [0.2, 0.25) is 0 Å². The summed E-state index contributed by atoms with van der Waals surface area (Å²) in [6.45, 7) is 8.81. The summed E-state index contributed by atoms with van der Waals surface area (Å²) in [6.07, 6.45) is 1.90. The van der Waals surface area contributed by atoms with Crippen LogP contribution in [0.5, 0.6) is 0 Å². The van der Waals surface area contributed by atoms with E-state index in [0.717, 1.165) is 12.8 Å². The molecule has 0 spiro atoms. The van der Waals surface area contributed by atoms with Crippen LogP contribution in [0, 0.1) is 11.8 Å². The molecule has 9 heteroatoms. The molecular formula is C21H29N3O5S. The third-order valence-electron chi connectivity index (χ3n) is 5.15. The Bertz CT molecular complexity index is 961. The van der Waals surface area contributed by atoms with Crippen molar-refractivity contribution in [1.29, 1.82) is 0 Å². The van der Waals surface area contributed by atoms with Crippen molar-refractivity contribution in [2.75, 3.05) is 13.1 Å². The topological polar surface area (TPSA) is 103 Å². The summed E-state index contributed by atoms with van der Waals surface area (Å²) in [5.74, 6) is 0.871. The molecule has 2 heterocycles. The molecule has 2 aromatic rings. The number of sulfonamides is 1. The highest BCUT2D eigenvalue weighted by Crippen LogP contribution is 2.27. The second-order valence-electron chi connectivity index (χ2n) is 8.14. The summed E-state index contributed by atoms with van der Waals surface area (Å²) in [4.78, 5) is 16.8. The molecule has 3 atom stereocenters. The van der Waals surface area contributed by atoms with Gasteiger partial charge in [0.1, 0.15) is 0 Å². The second-order valence-corrected chi connectivity index (χ2v) is 10.1. The van der Waals surface area contributed by atoms with Gasteiger partial charge in [-0.2, -0.15) is 9.29 Å². The van der Waals surface area contributed by atoms with E-state index in [2.05, 4.69) is 24.0 Å². The smallest absolute Gasteiger partial charge is 0.338 e. The average Bonchev–Trinajstić information content (AvgIpc) is 3.16. The maximum Gasteiger partial charge on any atom is 0.338 e. The normalized spacial score (nSPS) is 21.3. The van der Waals surface area contributed by atoms with E-state index in [9.17, 15) is 13.2 Å². The third-order valence-corrected chi connectivity index (χ3v) is 7.00. The first kappa shape index (κ1) is 22.4. The van der Waals surface area contributed by atoms with E-state index >= 15 is 0 Å². The van der Waals surface area contributed by atoms with Crippen LogP contribution in [-0.2, 0) is 21.2 Å². The molecule has 0 saturated carbocycles. The predicted molar refractivity (Wildman–Crippen MR) is 110 cm³/mol. The SMILES string of the molecule is CCCc1noc(C(C)OC(=O)c2ccc(S(=O)(=O)N3CC(C)CC(C)C3)cc2)n1. The van der Waals surface area contributed by atoms with E-state index < -0.39 is 22.1 Å². The highest BCUT2D eigenvalue weighted by Gasteiger charge is 2.31. The van der Waals surface area contributed by atoms with E-state index in [0.29, 0.717) is 37.2 Å². The lowest BCUT2D eigenvalue weighted by Gasteiger charge is -2.34. The Morgan fingerprint density at radius 1 is 1.23 bits per heavy atom. The van der Waals surface area contributed by atoms with Gasteiger partial charge >= 0.3 is 5.97 Å². The fraction of sp³-hybridized carbons (Fsp3) is 0.571. The molecule has 1 aliphatic rings. The van der Waals surface area contributed by atoms with Crippen LogP contribution in [-0.4, -0.2) is 41.9 Å². The van der Waals surface area contributed by atoms with Gasteiger partial charge in [0.2, 0.25) is 10.0 Å². The van der Waals surface area contributed by atoms with Crippen molar-refractivity contribution in [2.45, 2.75) is 58.0 Å². The summed E-state index contributed by atoms with van der Waals surface area (Å²) >= 11 is 0. The minimum absolute atomic E-state index is 0.175. The number of aromatic nitrogens is 2. The lowest BCUT2D eigenvalue weighted by Crippen LogP contribution is -2.42. The zero-order valence-corrected chi connectivity index (χ0v) is 18.7. The van der Waals surface area contributed by atoms with Crippen LogP contribution in [0.4, 0.5) is 0 Å². The van der Waals surface area contributed by atoms with Gasteiger partial charge in [0.15, 0.2) is 11.9 Å². The number of esters is 1. The standard InChI is InChI=1S/C21H29N3O5S/c1-5-6-19-22-20(29-23-19)16(4)28-21(25)17-7-9-18(10-8-17)30(26,27)24-12-14(2)11-15(3)13-24/h7-10,14-16H,5-6,11-13H2,1-4H3. The first-order valence-electron chi connectivity index (χ1n) is 10.3. The minimum Gasteiger partial charge on any atom is -0.449 e. The van der Waals surface area contributed by atoms with Gasteiger partial charge in [0, 0.05) is 19.5 Å². The minimum atomic E-state index is -3.59. The van der Waals surface area contributed by atoms with Gasteiger partial charge in [0.25, 0.3) is 5.89 Å². The summed E-state index contributed by atoms with van der Waals surface area (Å²) in [7, 11) is -3.59. The van der Waals surface area contributed by atoms with Gasteiger partial charge in [0.05, 0.1) is 10.5 Å². The Balaban J connectivity index is 1.67. The summed E-state index contributed by atoms with van der Waals surface area (Å²) in [5.41, 5.74) is 0.259. The number of aryl methyl sites for hydroxylation is 1. The Hall–Kier alpha value is -2.26. The van der Waals surface area contributed by atoms with E-state index in [1.54, 1.807) is 6.92 Å². The average molecular weight is 436 g/mol. The van der Waals surface area contributed by atoms with Crippen molar-refractivity contribution < 1.29 is 22.5 Å². The maximum atomic E-state index is 13.0. The van der Waals surface area contributed by atoms with Crippen LogP contribution in [0.15, 0.2) is 33.7 Å². The zero-order chi connectivity index (χ0) is 21.9. The predicted octanol–water partition coefficient (Wildman–Crippen LogP) is 3.61. The quantitative estimate of drug-likeness (QED) is 0.612. The molecule has 1 aromatic carbocycles. The number of hydrogen-bond acceptors (Lipinski definition) is 7. The molecule has 1 aromatic heterocycles. The lowest BCUT2D eigenvalue weighted by atomic mass is 9.94. The van der Waals surface area contributed by atoms with Crippen LogP contribution in [0.25, 0.3) is 0 Å². The third kappa shape index (κ3) is 5.07. The molecule has 3 unspecified atom stereocenters. The van der Waals surface area contributed by atoms with Gasteiger partial charge in [-0.05, 0) is 55.9 Å². The number of carbonyl (C=O) groups is 1.